The fraction of sp³-hybridized carbons (Fsp3) is 0.200. The Hall–Kier alpha value is -2.66. The van der Waals surface area contributed by atoms with E-state index in [0.29, 0.717) is 22.7 Å². The van der Waals surface area contributed by atoms with Crippen LogP contribution in [0.4, 0.5) is 10.1 Å². The number of hydrogen-bond acceptors (Lipinski definition) is 2. The van der Waals surface area contributed by atoms with E-state index in [1.165, 1.54) is 6.07 Å². The number of hydrogen-bond donors (Lipinski definition) is 2. The molecule has 6 heteroatoms. The van der Waals surface area contributed by atoms with Crippen molar-refractivity contribution >= 4 is 40.8 Å². The van der Waals surface area contributed by atoms with Gasteiger partial charge < -0.3 is 10.4 Å². The predicted molar refractivity (Wildman–Crippen MR) is 99.5 cm³/mol. The van der Waals surface area contributed by atoms with E-state index >= 15 is 0 Å². The second-order valence-electron chi connectivity index (χ2n) is 6.32. The second-order valence-corrected chi connectivity index (χ2v) is 6.73. The van der Waals surface area contributed by atoms with Crippen molar-refractivity contribution in [3.05, 3.63) is 63.9 Å². The molecule has 1 atom stereocenters. The van der Waals surface area contributed by atoms with Gasteiger partial charge in [-0.2, -0.15) is 0 Å². The lowest BCUT2D eigenvalue weighted by Crippen LogP contribution is -2.31. The van der Waals surface area contributed by atoms with Crippen LogP contribution >= 0.6 is 11.6 Å². The van der Waals surface area contributed by atoms with E-state index in [1.807, 2.05) is 19.1 Å². The molecule has 0 bridgehead atoms. The first kappa shape index (κ1) is 18.1. The van der Waals surface area contributed by atoms with Gasteiger partial charge in [0.1, 0.15) is 5.82 Å². The van der Waals surface area contributed by atoms with Crippen molar-refractivity contribution in [2.75, 3.05) is 5.32 Å². The van der Waals surface area contributed by atoms with E-state index in [9.17, 15) is 14.0 Å². The minimum atomic E-state index is -1.00. The number of carboxylic acid groups (broad SMARTS) is 1. The van der Waals surface area contributed by atoms with Crippen LogP contribution in [0.2, 0.25) is 5.02 Å². The summed E-state index contributed by atoms with van der Waals surface area (Å²) in [4.78, 5) is 22.9. The predicted octanol–water partition coefficient (Wildman–Crippen LogP) is 4.63. The minimum Gasteiger partial charge on any atom is -0.481 e. The molecule has 0 aliphatic carbocycles. The Labute approximate surface area is 155 Å². The van der Waals surface area contributed by atoms with Gasteiger partial charge in [0.2, 0.25) is 5.91 Å². The number of anilines is 1. The van der Waals surface area contributed by atoms with Crippen LogP contribution in [0.3, 0.4) is 0 Å². The van der Waals surface area contributed by atoms with E-state index in [2.05, 4.69) is 5.32 Å². The average Bonchev–Trinajstić information content (AvgIpc) is 2.58. The quantitative estimate of drug-likeness (QED) is 0.768. The van der Waals surface area contributed by atoms with Gasteiger partial charge in [0, 0.05) is 11.3 Å². The Morgan fingerprint density at radius 1 is 1.38 bits per heavy atom. The van der Waals surface area contributed by atoms with Gasteiger partial charge in [0.05, 0.1) is 17.4 Å². The summed E-state index contributed by atoms with van der Waals surface area (Å²) < 4.78 is 14.0. The molecule has 2 aromatic carbocycles. The summed E-state index contributed by atoms with van der Waals surface area (Å²) in [6.45, 7) is 1.85. The minimum absolute atomic E-state index is 0.213. The molecule has 0 radical (unpaired) electrons. The molecule has 0 saturated heterocycles. The Morgan fingerprint density at radius 2 is 2.15 bits per heavy atom. The number of halogens is 2. The molecule has 1 aliphatic rings. The van der Waals surface area contributed by atoms with Gasteiger partial charge in [-0.15, -0.1) is 0 Å². The number of benzene rings is 2. The van der Waals surface area contributed by atoms with Gasteiger partial charge in [-0.1, -0.05) is 23.7 Å². The van der Waals surface area contributed by atoms with E-state index < -0.39 is 17.7 Å². The van der Waals surface area contributed by atoms with Crippen molar-refractivity contribution in [1.29, 1.82) is 0 Å². The topological polar surface area (TPSA) is 66.4 Å². The number of carboxylic acids is 1. The Bertz CT molecular complexity index is 903. The molecule has 0 spiro atoms. The monoisotopic (exact) mass is 373 g/mol. The summed E-state index contributed by atoms with van der Waals surface area (Å²) in [5.74, 6) is -2.28. The standard InChI is InChI=1S/C20H17ClFNO3/c1-11(7-15-16(21)3-2-4-17(15)22)12-5-6-18-13(8-12)9-14(10-19(24)25)20(26)23-18/h2-8,14H,9-10H2,1H3,(H,23,26)(H,24,25)/b11-7+. The molecule has 4 nitrogen and oxygen atoms in total. The summed E-state index contributed by atoms with van der Waals surface area (Å²) >= 11 is 6.07. The molecule has 3 rings (SSSR count). The molecular weight excluding hydrogens is 357 g/mol. The van der Waals surface area contributed by atoms with Crippen LogP contribution in [0.25, 0.3) is 11.6 Å². The third kappa shape index (κ3) is 3.78. The van der Waals surface area contributed by atoms with Crippen molar-refractivity contribution in [2.45, 2.75) is 19.8 Å². The number of fused-ring (bicyclic) bond motifs is 1. The molecule has 1 unspecified atom stereocenters. The maximum atomic E-state index is 14.0. The van der Waals surface area contributed by atoms with Crippen LogP contribution in [0.15, 0.2) is 36.4 Å². The SMILES string of the molecule is C/C(=C\c1c(F)cccc1Cl)c1ccc2c(c1)CC(CC(=O)O)C(=O)N2. The molecule has 134 valence electrons. The molecular formula is C20H17ClFNO3. The van der Waals surface area contributed by atoms with Crippen LogP contribution in [-0.2, 0) is 16.0 Å². The lowest BCUT2D eigenvalue weighted by molar-refractivity contribution is -0.140. The number of rotatable bonds is 4. The summed E-state index contributed by atoms with van der Waals surface area (Å²) in [6, 6.07) is 10.0. The highest BCUT2D eigenvalue weighted by molar-refractivity contribution is 6.32. The molecule has 26 heavy (non-hydrogen) atoms. The smallest absolute Gasteiger partial charge is 0.304 e. The highest BCUT2D eigenvalue weighted by Gasteiger charge is 2.28. The average molecular weight is 374 g/mol. The fourth-order valence-corrected chi connectivity index (χ4v) is 3.26. The maximum Gasteiger partial charge on any atom is 0.304 e. The molecule has 0 saturated carbocycles. The lowest BCUT2D eigenvalue weighted by Gasteiger charge is -2.24. The van der Waals surface area contributed by atoms with Crippen molar-refractivity contribution < 1.29 is 19.1 Å². The third-order valence-corrected chi connectivity index (χ3v) is 4.77. The van der Waals surface area contributed by atoms with Gasteiger partial charge in [0.15, 0.2) is 0 Å². The fourth-order valence-electron chi connectivity index (χ4n) is 3.05. The van der Waals surface area contributed by atoms with E-state index in [-0.39, 0.29) is 12.3 Å². The van der Waals surface area contributed by atoms with Gasteiger partial charge in [-0.25, -0.2) is 4.39 Å². The zero-order valence-electron chi connectivity index (χ0n) is 14.1. The number of allylic oxidation sites excluding steroid dienone is 1. The molecule has 2 N–H and O–H groups in total. The van der Waals surface area contributed by atoms with Crippen LogP contribution in [0, 0.1) is 11.7 Å². The Morgan fingerprint density at radius 3 is 2.85 bits per heavy atom. The zero-order valence-corrected chi connectivity index (χ0v) is 14.8. The molecule has 0 aromatic heterocycles. The number of aliphatic carboxylic acids is 1. The summed E-state index contributed by atoms with van der Waals surface area (Å²) in [5, 5.41) is 12.0. The zero-order chi connectivity index (χ0) is 18.8. The second kappa shape index (κ2) is 7.30. The first-order valence-electron chi connectivity index (χ1n) is 8.13. The largest absolute Gasteiger partial charge is 0.481 e. The maximum absolute atomic E-state index is 14.0. The van der Waals surface area contributed by atoms with E-state index in [0.717, 1.165) is 16.7 Å². The van der Waals surface area contributed by atoms with Crippen molar-refractivity contribution in [1.82, 2.24) is 0 Å². The van der Waals surface area contributed by atoms with Crippen molar-refractivity contribution in [2.24, 2.45) is 5.92 Å². The van der Waals surface area contributed by atoms with Crippen LogP contribution in [0.1, 0.15) is 30.0 Å². The first-order valence-corrected chi connectivity index (χ1v) is 8.51. The van der Waals surface area contributed by atoms with Crippen LogP contribution in [-0.4, -0.2) is 17.0 Å². The number of carbonyl (C=O) groups excluding carboxylic acids is 1. The first-order chi connectivity index (χ1) is 12.3. The van der Waals surface area contributed by atoms with E-state index in [1.54, 1.807) is 24.3 Å². The molecule has 1 amide bonds. The Balaban J connectivity index is 1.93. The normalized spacial score (nSPS) is 16.8. The van der Waals surface area contributed by atoms with Crippen LogP contribution in [0.5, 0.6) is 0 Å². The van der Waals surface area contributed by atoms with Gasteiger partial charge in [-0.05, 0) is 60.4 Å². The Kier molecular flexibility index (Phi) is 5.09. The lowest BCUT2D eigenvalue weighted by atomic mass is 9.89. The number of carbonyl (C=O) groups is 2. The molecule has 0 fully saturated rings. The highest BCUT2D eigenvalue weighted by Crippen LogP contribution is 2.31. The van der Waals surface area contributed by atoms with Crippen LogP contribution < -0.4 is 5.32 Å². The third-order valence-electron chi connectivity index (χ3n) is 4.44. The summed E-state index contributed by atoms with van der Waals surface area (Å²) in [5.41, 5.74) is 3.53. The number of amides is 1. The molecule has 1 aliphatic heterocycles. The van der Waals surface area contributed by atoms with Crippen molar-refractivity contribution in [3.8, 4) is 0 Å². The highest BCUT2D eigenvalue weighted by atomic mass is 35.5. The molecule has 1 heterocycles. The summed E-state index contributed by atoms with van der Waals surface area (Å²) in [7, 11) is 0. The van der Waals surface area contributed by atoms with Gasteiger partial charge in [0.25, 0.3) is 0 Å². The summed E-state index contributed by atoms with van der Waals surface area (Å²) in [6.07, 6.45) is 1.82. The van der Waals surface area contributed by atoms with Crippen molar-refractivity contribution in [3.63, 3.8) is 0 Å². The van der Waals surface area contributed by atoms with Gasteiger partial charge in [-0.3, -0.25) is 9.59 Å². The van der Waals surface area contributed by atoms with Gasteiger partial charge >= 0.3 is 5.97 Å². The van der Waals surface area contributed by atoms with E-state index in [4.69, 9.17) is 16.7 Å². The number of nitrogens with one attached hydrogen (secondary N) is 1. The molecule has 2 aromatic rings.